The van der Waals surface area contributed by atoms with Gasteiger partial charge in [-0.2, -0.15) is 0 Å². The number of primary amides is 1. The number of benzene rings is 1. The predicted molar refractivity (Wildman–Crippen MR) is 62.6 cm³/mol. The highest BCUT2D eigenvalue weighted by molar-refractivity contribution is 5.93. The van der Waals surface area contributed by atoms with Gasteiger partial charge in [0, 0.05) is 5.69 Å². The van der Waals surface area contributed by atoms with E-state index in [2.05, 4.69) is 0 Å². The highest BCUT2D eigenvalue weighted by atomic mass is 16.4. The third-order valence-corrected chi connectivity index (χ3v) is 2.42. The number of hydrogen-bond acceptors (Lipinski definition) is 5. The van der Waals surface area contributed by atoms with Crippen LogP contribution in [0.5, 0.6) is 0 Å². The Hall–Kier alpha value is -2.12. The van der Waals surface area contributed by atoms with Crippen LogP contribution in [0.2, 0.25) is 0 Å². The lowest BCUT2D eigenvalue weighted by Gasteiger charge is -2.17. The Bertz CT molecular complexity index is 475. The molecule has 0 saturated heterocycles. The van der Waals surface area contributed by atoms with Crippen molar-refractivity contribution in [2.75, 3.05) is 5.73 Å². The highest BCUT2D eigenvalue weighted by Gasteiger charge is 2.21. The highest BCUT2D eigenvalue weighted by Crippen LogP contribution is 2.23. The van der Waals surface area contributed by atoms with Gasteiger partial charge in [0.05, 0.1) is 18.1 Å². The maximum Gasteiger partial charge on any atom is 0.337 e. The molecule has 1 aromatic rings. The van der Waals surface area contributed by atoms with E-state index < -0.39 is 30.5 Å². The van der Waals surface area contributed by atoms with Crippen molar-refractivity contribution in [1.82, 2.24) is 0 Å². The fraction of sp³-hybridized carbons (Fsp3) is 0.273. The number of aliphatic hydroxyl groups is 2. The third kappa shape index (κ3) is 3.19. The van der Waals surface area contributed by atoms with Gasteiger partial charge in [-0.15, -0.1) is 0 Å². The van der Waals surface area contributed by atoms with E-state index in [-0.39, 0.29) is 16.8 Å². The Morgan fingerprint density at radius 2 is 1.89 bits per heavy atom. The van der Waals surface area contributed by atoms with Crippen molar-refractivity contribution < 1.29 is 24.9 Å². The van der Waals surface area contributed by atoms with Gasteiger partial charge in [-0.3, -0.25) is 4.79 Å². The summed E-state index contributed by atoms with van der Waals surface area (Å²) in [5.41, 5.74) is 10.5. The van der Waals surface area contributed by atoms with Crippen LogP contribution < -0.4 is 11.5 Å². The first kappa shape index (κ1) is 13.9. The topological polar surface area (TPSA) is 147 Å². The monoisotopic (exact) mass is 254 g/mol. The second-order valence-electron chi connectivity index (χ2n) is 3.83. The number of nitrogen functional groups attached to an aromatic ring is 1. The van der Waals surface area contributed by atoms with Crippen molar-refractivity contribution in [3.05, 3.63) is 29.3 Å². The van der Waals surface area contributed by atoms with Crippen molar-refractivity contribution in [3.63, 3.8) is 0 Å². The molecule has 0 aliphatic carbocycles. The zero-order chi connectivity index (χ0) is 13.9. The number of aliphatic hydroxyl groups excluding tert-OH is 2. The van der Waals surface area contributed by atoms with Crippen LogP contribution >= 0.6 is 0 Å². The molecule has 1 rings (SSSR count). The van der Waals surface area contributed by atoms with E-state index in [1.807, 2.05) is 0 Å². The molecule has 0 heterocycles. The first-order valence-electron chi connectivity index (χ1n) is 5.10. The van der Waals surface area contributed by atoms with Crippen LogP contribution in [0.1, 0.15) is 28.4 Å². The Labute approximate surface area is 103 Å². The van der Waals surface area contributed by atoms with Gasteiger partial charge in [0.15, 0.2) is 0 Å². The summed E-state index contributed by atoms with van der Waals surface area (Å²) < 4.78 is 0. The third-order valence-electron chi connectivity index (χ3n) is 2.42. The summed E-state index contributed by atoms with van der Waals surface area (Å²) in [7, 11) is 0. The van der Waals surface area contributed by atoms with E-state index in [9.17, 15) is 19.8 Å². The average molecular weight is 254 g/mol. The van der Waals surface area contributed by atoms with Crippen molar-refractivity contribution in [3.8, 4) is 0 Å². The minimum atomic E-state index is -1.36. The van der Waals surface area contributed by atoms with E-state index in [4.69, 9.17) is 16.6 Å². The van der Waals surface area contributed by atoms with Gasteiger partial charge in [-0.1, -0.05) is 6.07 Å². The molecule has 0 radical (unpaired) electrons. The van der Waals surface area contributed by atoms with Crippen molar-refractivity contribution in [1.29, 1.82) is 0 Å². The summed E-state index contributed by atoms with van der Waals surface area (Å²) >= 11 is 0. The Morgan fingerprint density at radius 3 is 2.33 bits per heavy atom. The fourth-order valence-electron chi connectivity index (χ4n) is 1.50. The van der Waals surface area contributed by atoms with E-state index in [1.165, 1.54) is 18.2 Å². The lowest BCUT2D eigenvalue weighted by molar-refractivity contribution is -0.121. The van der Waals surface area contributed by atoms with Crippen LogP contribution in [0.4, 0.5) is 5.69 Å². The lowest BCUT2D eigenvalue weighted by atomic mass is 9.99. The molecule has 1 aromatic carbocycles. The Balaban J connectivity index is 2.93. The van der Waals surface area contributed by atoms with Crippen LogP contribution in [0.3, 0.4) is 0 Å². The first-order chi connectivity index (χ1) is 8.32. The van der Waals surface area contributed by atoms with Crippen LogP contribution in [-0.4, -0.2) is 33.3 Å². The van der Waals surface area contributed by atoms with Crippen molar-refractivity contribution in [2.24, 2.45) is 5.73 Å². The summed E-state index contributed by atoms with van der Waals surface area (Å²) in [5, 5.41) is 28.0. The number of nitrogens with two attached hydrogens (primary N) is 2. The molecule has 7 N–H and O–H groups in total. The second-order valence-corrected chi connectivity index (χ2v) is 3.83. The van der Waals surface area contributed by atoms with Crippen LogP contribution in [0.15, 0.2) is 18.2 Å². The number of carboxylic acids is 1. The maximum atomic E-state index is 10.7. The molecule has 2 unspecified atom stereocenters. The smallest absolute Gasteiger partial charge is 0.337 e. The molecular formula is C11H14N2O5. The summed E-state index contributed by atoms with van der Waals surface area (Å²) in [5.74, 6) is -1.94. The number of carbonyl (C=O) groups is 2. The minimum absolute atomic E-state index is 0.0367. The summed E-state index contributed by atoms with van der Waals surface area (Å²) in [6.45, 7) is 0. The maximum absolute atomic E-state index is 10.7. The minimum Gasteiger partial charge on any atom is -0.478 e. The average Bonchev–Trinajstić information content (AvgIpc) is 2.26. The van der Waals surface area contributed by atoms with Gasteiger partial charge < -0.3 is 26.8 Å². The number of anilines is 1. The summed E-state index contributed by atoms with van der Waals surface area (Å²) in [4.78, 5) is 21.3. The normalized spacial score (nSPS) is 13.9. The van der Waals surface area contributed by atoms with Gasteiger partial charge in [0.25, 0.3) is 0 Å². The molecule has 0 fully saturated rings. The number of aromatic carboxylic acids is 1. The van der Waals surface area contributed by atoms with Gasteiger partial charge in [0.1, 0.15) is 6.10 Å². The molecule has 7 heteroatoms. The molecule has 1 amide bonds. The molecular weight excluding hydrogens is 240 g/mol. The summed E-state index contributed by atoms with van der Waals surface area (Å²) in [6.07, 6.45) is -3.12. The standard InChI is InChI=1S/C11H14N2O5/c12-7-3-5(1-2-6(7)11(17)18)10(16)8(14)4-9(13)15/h1-3,8,10,14,16H,4,12H2,(H2,13,15)(H,17,18). The van der Waals surface area contributed by atoms with E-state index in [1.54, 1.807) is 0 Å². The zero-order valence-corrected chi connectivity index (χ0v) is 9.41. The van der Waals surface area contributed by atoms with Gasteiger partial charge in [0.2, 0.25) is 5.91 Å². The molecule has 98 valence electrons. The summed E-state index contributed by atoms with van der Waals surface area (Å²) in [6, 6.07) is 3.76. The molecule has 0 saturated carbocycles. The number of hydrogen-bond donors (Lipinski definition) is 5. The quantitative estimate of drug-likeness (QED) is 0.436. The molecule has 0 bridgehead atoms. The first-order valence-corrected chi connectivity index (χ1v) is 5.10. The molecule has 0 aliphatic heterocycles. The molecule has 0 spiro atoms. The van der Waals surface area contributed by atoms with E-state index in [0.717, 1.165) is 0 Å². The largest absolute Gasteiger partial charge is 0.478 e. The predicted octanol–water partition coefficient (Wildman–Crippen LogP) is -0.763. The molecule has 18 heavy (non-hydrogen) atoms. The molecule has 2 atom stereocenters. The number of amides is 1. The van der Waals surface area contributed by atoms with Gasteiger partial charge >= 0.3 is 5.97 Å². The number of carboxylic acid groups (broad SMARTS) is 1. The molecule has 7 nitrogen and oxygen atoms in total. The van der Waals surface area contributed by atoms with E-state index >= 15 is 0 Å². The van der Waals surface area contributed by atoms with E-state index in [0.29, 0.717) is 0 Å². The SMILES string of the molecule is NC(=O)CC(O)C(O)c1ccc(C(=O)O)c(N)c1. The van der Waals surface area contributed by atoms with Crippen molar-refractivity contribution >= 4 is 17.6 Å². The van der Waals surface area contributed by atoms with Crippen LogP contribution in [0.25, 0.3) is 0 Å². The van der Waals surface area contributed by atoms with Gasteiger partial charge in [-0.05, 0) is 17.7 Å². The van der Waals surface area contributed by atoms with Crippen molar-refractivity contribution in [2.45, 2.75) is 18.6 Å². The van der Waals surface area contributed by atoms with Gasteiger partial charge in [-0.25, -0.2) is 4.79 Å². The Kier molecular flexibility index (Phi) is 4.24. The second kappa shape index (κ2) is 5.48. The number of rotatable bonds is 5. The fourth-order valence-corrected chi connectivity index (χ4v) is 1.50. The molecule has 0 aromatic heterocycles. The molecule has 0 aliphatic rings. The lowest BCUT2D eigenvalue weighted by Crippen LogP contribution is -2.25. The van der Waals surface area contributed by atoms with Crippen LogP contribution in [0, 0.1) is 0 Å². The Morgan fingerprint density at radius 1 is 1.28 bits per heavy atom. The zero-order valence-electron chi connectivity index (χ0n) is 9.41. The number of carbonyl (C=O) groups excluding carboxylic acids is 1. The van der Waals surface area contributed by atoms with Crippen LogP contribution in [-0.2, 0) is 4.79 Å².